The number of aliphatic carboxylic acids is 1. The van der Waals surface area contributed by atoms with Gasteiger partial charge in [-0.2, -0.15) is 0 Å². The van der Waals surface area contributed by atoms with Crippen LogP contribution in [0.15, 0.2) is 103 Å². The van der Waals surface area contributed by atoms with Gasteiger partial charge in [-0.3, -0.25) is 0 Å². The fraction of sp³-hybridized carbons (Fsp3) is 0.286. The van der Waals surface area contributed by atoms with Gasteiger partial charge in [0, 0.05) is 23.8 Å². The van der Waals surface area contributed by atoms with Gasteiger partial charge in [0.15, 0.2) is 0 Å². The van der Waals surface area contributed by atoms with E-state index in [9.17, 15) is 9.90 Å². The lowest BCUT2D eigenvalue weighted by molar-refractivity contribution is -0.145. The van der Waals surface area contributed by atoms with Crippen molar-refractivity contribution in [2.75, 3.05) is 4.90 Å². The standard InChI is InChI=1S/C35H39NO3/c1-5-27(6-2)28-15-19-32(20-16-28)36(25(3)4)24-26-11-10-14-31(23-26)29-17-21-33(22-18-29)39-34(35(37)38)30-12-8-7-9-13-30/h7-23,25,27,34H,5-6,24H2,1-4H3,(H,37,38). The van der Waals surface area contributed by atoms with Gasteiger partial charge in [-0.15, -0.1) is 0 Å². The minimum Gasteiger partial charge on any atom is -0.478 e. The first-order valence-corrected chi connectivity index (χ1v) is 13.9. The second-order valence-electron chi connectivity index (χ2n) is 10.3. The number of benzene rings is 4. The molecule has 0 saturated heterocycles. The monoisotopic (exact) mass is 521 g/mol. The predicted molar refractivity (Wildman–Crippen MR) is 160 cm³/mol. The Morgan fingerprint density at radius 1 is 0.769 bits per heavy atom. The summed E-state index contributed by atoms with van der Waals surface area (Å²) in [6.07, 6.45) is 1.28. The Hall–Kier alpha value is -4.05. The zero-order chi connectivity index (χ0) is 27.8. The van der Waals surface area contributed by atoms with Crippen LogP contribution in [0.2, 0.25) is 0 Å². The Kier molecular flexibility index (Phi) is 9.43. The molecule has 4 aromatic rings. The molecule has 1 N–H and O–H groups in total. The third-order valence-electron chi connectivity index (χ3n) is 7.35. The SMILES string of the molecule is CCC(CC)c1ccc(N(Cc2cccc(-c3ccc(OC(C(=O)O)c4ccccc4)cc3)c2)C(C)C)cc1. The van der Waals surface area contributed by atoms with E-state index in [4.69, 9.17) is 4.74 Å². The lowest BCUT2D eigenvalue weighted by Gasteiger charge is -2.30. The van der Waals surface area contributed by atoms with Crippen LogP contribution in [0.5, 0.6) is 5.75 Å². The smallest absolute Gasteiger partial charge is 0.349 e. The summed E-state index contributed by atoms with van der Waals surface area (Å²) in [6.45, 7) is 9.80. The number of carboxylic acids is 1. The van der Waals surface area contributed by atoms with Crippen molar-refractivity contribution in [1.29, 1.82) is 0 Å². The van der Waals surface area contributed by atoms with Crippen LogP contribution in [0.4, 0.5) is 5.69 Å². The summed E-state index contributed by atoms with van der Waals surface area (Å²) >= 11 is 0. The van der Waals surface area contributed by atoms with Gasteiger partial charge < -0.3 is 14.7 Å². The number of nitrogens with zero attached hydrogens (tertiary/aromatic N) is 1. The zero-order valence-corrected chi connectivity index (χ0v) is 23.4. The van der Waals surface area contributed by atoms with Crippen molar-refractivity contribution in [2.24, 2.45) is 0 Å². The molecule has 39 heavy (non-hydrogen) atoms. The molecule has 0 saturated carbocycles. The molecule has 4 aromatic carbocycles. The van der Waals surface area contributed by atoms with Crippen molar-refractivity contribution in [3.63, 3.8) is 0 Å². The second kappa shape index (κ2) is 13.1. The van der Waals surface area contributed by atoms with E-state index >= 15 is 0 Å². The van der Waals surface area contributed by atoms with E-state index in [-0.39, 0.29) is 0 Å². The van der Waals surface area contributed by atoms with E-state index in [1.54, 1.807) is 12.1 Å². The number of rotatable bonds is 12. The van der Waals surface area contributed by atoms with Gasteiger partial charge in [-0.25, -0.2) is 4.79 Å². The molecule has 0 radical (unpaired) electrons. The summed E-state index contributed by atoms with van der Waals surface area (Å²) in [5.74, 6) is 0.125. The second-order valence-corrected chi connectivity index (χ2v) is 10.3. The van der Waals surface area contributed by atoms with Crippen LogP contribution in [0.3, 0.4) is 0 Å². The molecule has 4 heteroatoms. The van der Waals surface area contributed by atoms with Crippen molar-refractivity contribution < 1.29 is 14.6 Å². The fourth-order valence-corrected chi connectivity index (χ4v) is 5.07. The summed E-state index contributed by atoms with van der Waals surface area (Å²) in [5.41, 5.74) is 6.67. The average molecular weight is 522 g/mol. The summed E-state index contributed by atoms with van der Waals surface area (Å²) in [4.78, 5) is 14.2. The largest absolute Gasteiger partial charge is 0.478 e. The molecule has 0 bridgehead atoms. The first-order valence-electron chi connectivity index (χ1n) is 13.9. The van der Waals surface area contributed by atoms with Crippen LogP contribution in [-0.4, -0.2) is 17.1 Å². The normalized spacial score (nSPS) is 11.9. The van der Waals surface area contributed by atoms with E-state index in [0.29, 0.717) is 23.3 Å². The molecule has 0 aliphatic rings. The van der Waals surface area contributed by atoms with Crippen molar-refractivity contribution in [3.8, 4) is 16.9 Å². The van der Waals surface area contributed by atoms with Gasteiger partial charge in [-0.1, -0.05) is 86.6 Å². The Morgan fingerprint density at radius 3 is 2.03 bits per heavy atom. The van der Waals surface area contributed by atoms with Crippen molar-refractivity contribution in [1.82, 2.24) is 0 Å². The quantitative estimate of drug-likeness (QED) is 0.202. The number of anilines is 1. The summed E-state index contributed by atoms with van der Waals surface area (Å²) in [5, 5.41) is 9.68. The van der Waals surface area contributed by atoms with E-state index in [2.05, 4.69) is 81.1 Å². The van der Waals surface area contributed by atoms with Gasteiger partial charge in [0.25, 0.3) is 0 Å². The van der Waals surface area contributed by atoms with Crippen molar-refractivity contribution in [3.05, 3.63) is 120 Å². The number of carbonyl (C=O) groups is 1. The maximum absolute atomic E-state index is 11.8. The molecule has 4 rings (SSSR count). The summed E-state index contributed by atoms with van der Waals surface area (Å²) in [7, 11) is 0. The lowest BCUT2D eigenvalue weighted by Crippen LogP contribution is -2.30. The third kappa shape index (κ3) is 7.08. The first-order chi connectivity index (χ1) is 18.9. The maximum atomic E-state index is 11.8. The topological polar surface area (TPSA) is 49.8 Å². The van der Waals surface area contributed by atoms with E-state index < -0.39 is 12.1 Å². The molecule has 0 fully saturated rings. The summed E-state index contributed by atoms with van der Waals surface area (Å²) in [6, 6.07) is 34.7. The van der Waals surface area contributed by atoms with Crippen LogP contribution in [-0.2, 0) is 11.3 Å². The minimum atomic E-state index is -1.05. The van der Waals surface area contributed by atoms with Crippen molar-refractivity contribution >= 4 is 11.7 Å². The van der Waals surface area contributed by atoms with Gasteiger partial charge in [0.05, 0.1) is 0 Å². The third-order valence-corrected chi connectivity index (χ3v) is 7.35. The first kappa shape index (κ1) is 28.0. The van der Waals surface area contributed by atoms with E-state index in [1.807, 2.05) is 42.5 Å². The highest BCUT2D eigenvalue weighted by molar-refractivity contribution is 5.75. The highest BCUT2D eigenvalue weighted by atomic mass is 16.5. The Balaban J connectivity index is 1.49. The zero-order valence-electron chi connectivity index (χ0n) is 23.4. The fourth-order valence-electron chi connectivity index (χ4n) is 5.07. The van der Waals surface area contributed by atoms with E-state index in [0.717, 1.165) is 30.5 Å². The van der Waals surface area contributed by atoms with Crippen LogP contribution < -0.4 is 9.64 Å². The van der Waals surface area contributed by atoms with Crippen molar-refractivity contribution in [2.45, 2.75) is 65.1 Å². The Bertz CT molecular complexity index is 1330. The lowest BCUT2D eigenvalue weighted by atomic mass is 9.94. The molecule has 0 heterocycles. The average Bonchev–Trinajstić information content (AvgIpc) is 2.96. The highest BCUT2D eigenvalue weighted by Crippen LogP contribution is 2.29. The minimum absolute atomic E-state index is 0.357. The predicted octanol–water partition coefficient (Wildman–Crippen LogP) is 8.88. The number of hydrogen-bond donors (Lipinski definition) is 1. The molecule has 0 aliphatic heterocycles. The molecule has 1 unspecified atom stereocenters. The molecular weight excluding hydrogens is 482 g/mol. The van der Waals surface area contributed by atoms with Crippen LogP contribution in [0, 0.1) is 0 Å². The Morgan fingerprint density at radius 2 is 1.44 bits per heavy atom. The maximum Gasteiger partial charge on any atom is 0.349 e. The highest BCUT2D eigenvalue weighted by Gasteiger charge is 2.21. The molecule has 202 valence electrons. The molecular formula is C35H39NO3. The number of carboxylic acid groups (broad SMARTS) is 1. The number of hydrogen-bond acceptors (Lipinski definition) is 3. The van der Waals surface area contributed by atoms with Crippen LogP contribution in [0.25, 0.3) is 11.1 Å². The molecule has 1 atom stereocenters. The molecule has 0 aliphatic carbocycles. The van der Waals surface area contributed by atoms with Crippen LogP contribution >= 0.6 is 0 Å². The molecule has 4 nitrogen and oxygen atoms in total. The Labute approximate surface area is 232 Å². The molecule has 0 amide bonds. The van der Waals surface area contributed by atoms with Gasteiger partial charge >= 0.3 is 5.97 Å². The number of ether oxygens (including phenoxy) is 1. The summed E-state index contributed by atoms with van der Waals surface area (Å²) < 4.78 is 5.84. The van der Waals surface area contributed by atoms with Crippen LogP contribution in [0.1, 0.15) is 69.2 Å². The van der Waals surface area contributed by atoms with Gasteiger partial charge in [-0.05, 0) is 85.2 Å². The van der Waals surface area contributed by atoms with E-state index in [1.165, 1.54) is 16.8 Å². The van der Waals surface area contributed by atoms with Gasteiger partial charge in [0.1, 0.15) is 5.75 Å². The molecule has 0 spiro atoms. The van der Waals surface area contributed by atoms with Gasteiger partial charge in [0.2, 0.25) is 6.10 Å². The molecule has 0 aromatic heterocycles.